The fourth-order valence-corrected chi connectivity index (χ4v) is 6.53. The summed E-state index contributed by atoms with van der Waals surface area (Å²) in [5.41, 5.74) is 5.28. The third-order valence-corrected chi connectivity index (χ3v) is 8.63. The molecule has 0 spiro atoms. The maximum absolute atomic E-state index is 13.6. The van der Waals surface area contributed by atoms with Crippen LogP contribution >= 0.6 is 0 Å². The van der Waals surface area contributed by atoms with Gasteiger partial charge in [0.05, 0.1) is 47.0 Å². The van der Waals surface area contributed by atoms with Gasteiger partial charge in [-0.3, -0.25) is 4.79 Å². The number of methoxy groups -OCH3 is 1. The fourth-order valence-electron chi connectivity index (χ4n) is 4.83. The van der Waals surface area contributed by atoms with Gasteiger partial charge in [-0.1, -0.05) is 43.3 Å². The molecule has 0 bridgehead atoms. The first-order valence-corrected chi connectivity index (χ1v) is 14.2. The molecule has 2 aromatic heterocycles. The van der Waals surface area contributed by atoms with Gasteiger partial charge in [0.2, 0.25) is 0 Å². The third-order valence-electron chi connectivity index (χ3n) is 6.88. The molecule has 8 nitrogen and oxygen atoms in total. The average Bonchev–Trinajstić information content (AvgIpc) is 3.45. The first kappa shape index (κ1) is 25.0. The van der Waals surface area contributed by atoms with Crippen LogP contribution in [0.2, 0.25) is 0 Å². The number of carbonyl (C=O) groups excluding carboxylic acids is 1. The van der Waals surface area contributed by atoms with E-state index in [-0.39, 0.29) is 23.5 Å². The second kappa shape index (κ2) is 9.97. The Morgan fingerprint density at radius 1 is 1.14 bits per heavy atom. The molecule has 1 unspecified atom stereocenters. The summed E-state index contributed by atoms with van der Waals surface area (Å²) in [6.45, 7) is 4.26. The van der Waals surface area contributed by atoms with E-state index in [1.165, 1.54) is 5.56 Å². The van der Waals surface area contributed by atoms with Crippen LogP contribution < -0.4 is 10.1 Å². The van der Waals surface area contributed by atoms with Crippen LogP contribution in [0.4, 0.5) is 0 Å². The standard InChI is InChI=1S/C28H30N4O4S/c1-4-19-8-10-21(11-9-19)25-15-24(28(33)29-16-20-6-5-7-23(14-20)36-3)26-18(2)31-32(27(26)30-25)22-12-13-37(34,35)17-22/h5-11,14-15,22H,4,12-13,16-17H2,1-3H3,(H,29,33). The number of carbonyl (C=O) groups is 1. The Bertz CT molecular complexity index is 1580. The summed E-state index contributed by atoms with van der Waals surface area (Å²) in [7, 11) is -1.52. The van der Waals surface area contributed by atoms with E-state index >= 15 is 0 Å². The number of rotatable bonds is 7. The molecule has 1 atom stereocenters. The summed E-state index contributed by atoms with van der Waals surface area (Å²) < 4.78 is 31.4. The quantitative estimate of drug-likeness (QED) is 0.392. The zero-order valence-electron chi connectivity index (χ0n) is 21.2. The first-order valence-electron chi connectivity index (χ1n) is 12.4. The Morgan fingerprint density at radius 3 is 2.59 bits per heavy atom. The van der Waals surface area contributed by atoms with Crippen LogP contribution in [-0.4, -0.2) is 47.7 Å². The van der Waals surface area contributed by atoms with Crippen molar-refractivity contribution in [2.24, 2.45) is 0 Å². The highest BCUT2D eigenvalue weighted by Gasteiger charge is 2.32. The van der Waals surface area contributed by atoms with E-state index in [0.717, 1.165) is 23.3 Å². The molecule has 9 heteroatoms. The molecule has 37 heavy (non-hydrogen) atoms. The molecule has 1 aliphatic heterocycles. The molecule has 1 aliphatic rings. The van der Waals surface area contributed by atoms with Gasteiger partial charge in [0.15, 0.2) is 15.5 Å². The molecule has 1 N–H and O–H groups in total. The predicted octanol–water partition coefficient (Wildman–Crippen LogP) is 4.27. The lowest BCUT2D eigenvalue weighted by atomic mass is 10.0. The number of nitrogens with zero attached hydrogens (tertiary/aromatic N) is 3. The fraction of sp³-hybridized carbons (Fsp3) is 0.321. The number of benzene rings is 2. The second-order valence-electron chi connectivity index (χ2n) is 9.43. The van der Waals surface area contributed by atoms with Crippen LogP contribution in [0, 0.1) is 6.92 Å². The van der Waals surface area contributed by atoms with Crippen molar-refractivity contribution in [1.82, 2.24) is 20.1 Å². The number of hydrogen-bond acceptors (Lipinski definition) is 6. The number of amides is 1. The smallest absolute Gasteiger partial charge is 0.252 e. The molecule has 0 radical (unpaired) electrons. The van der Waals surface area contributed by atoms with Crippen molar-refractivity contribution in [2.45, 2.75) is 39.3 Å². The SMILES string of the molecule is CCc1ccc(-c2cc(C(=O)NCc3cccc(OC)c3)c3c(C)nn(C4CCS(=O)(=O)C4)c3n2)cc1. The number of nitrogens with one attached hydrogen (secondary N) is 1. The molecule has 1 fully saturated rings. The van der Waals surface area contributed by atoms with Gasteiger partial charge in [-0.15, -0.1) is 0 Å². The first-order chi connectivity index (χ1) is 17.8. The van der Waals surface area contributed by atoms with Crippen LogP contribution in [-0.2, 0) is 22.8 Å². The van der Waals surface area contributed by atoms with Crippen LogP contribution in [0.1, 0.15) is 46.6 Å². The predicted molar refractivity (Wildman–Crippen MR) is 144 cm³/mol. The molecular weight excluding hydrogens is 488 g/mol. The highest BCUT2D eigenvalue weighted by Crippen LogP contribution is 2.32. The van der Waals surface area contributed by atoms with E-state index in [0.29, 0.717) is 41.0 Å². The Labute approximate surface area is 216 Å². The van der Waals surface area contributed by atoms with Crippen LogP contribution in [0.15, 0.2) is 54.6 Å². The van der Waals surface area contributed by atoms with Gasteiger partial charge in [-0.25, -0.2) is 18.1 Å². The van der Waals surface area contributed by atoms with Crippen molar-refractivity contribution in [3.05, 3.63) is 77.0 Å². The number of sulfone groups is 1. The van der Waals surface area contributed by atoms with Crippen molar-refractivity contribution in [3.63, 3.8) is 0 Å². The highest BCUT2D eigenvalue weighted by atomic mass is 32.2. The number of ether oxygens (including phenoxy) is 1. The molecule has 4 aromatic rings. The van der Waals surface area contributed by atoms with Crippen molar-refractivity contribution < 1.29 is 17.9 Å². The molecule has 5 rings (SSSR count). The number of aromatic nitrogens is 3. The molecule has 0 aliphatic carbocycles. The Morgan fingerprint density at radius 2 is 1.92 bits per heavy atom. The number of pyridine rings is 1. The minimum Gasteiger partial charge on any atom is -0.497 e. The lowest BCUT2D eigenvalue weighted by molar-refractivity contribution is 0.0952. The monoisotopic (exact) mass is 518 g/mol. The van der Waals surface area contributed by atoms with E-state index in [2.05, 4.69) is 29.5 Å². The van der Waals surface area contributed by atoms with E-state index in [9.17, 15) is 13.2 Å². The lowest BCUT2D eigenvalue weighted by Gasteiger charge is -2.13. The minimum atomic E-state index is -3.12. The Balaban J connectivity index is 1.58. The van der Waals surface area contributed by atoms with E-state index in [4.69, 9.17) is 9.72 Å². The van der Waals surface area contributed by atoms with Gasteiger partial charge in [0, 0.05) is 12.1 Å². The largest absolute Gasteiger partial charge is 0.497 e. The second-order valence-corrected chi connectivity index (χ2v) is 11.7. The highest BCUT2D eigenvalue weighted by molar-refractivity contribution is 7.91. The molecule has 1 saturated heterocycles. The Kier molecular flexibility index (Phi) is 6.72. The van der Waals surface area contributed by atoms with Crippen LogP contribution in [0.5, 0.6) is 5.75 Å². The maximum Gasteiger partial charge on any atom is 0.252 e. The van der Waals surface area contributed by atoms with Crippen molar-refractivity contribution >= 4 is 26.8 Å². The van der Waals surface area contributed by atoms with Gasteiger partial charge in [0.1, 0.15) is 5.75 Å². The van der Waals surface area contributed by atoms with Gasteiger partial charge in [0.25, 0.3) is 5.91 Å². The van der Waals surface area contributed by atoms with Crippen LogP contribution in [0.3, 0.4) is 0 Å². The summed E-state index contributed by atoms with van der Waals surface area (Å²) in [5.74, 6) is 0.629. The molecule has 3 heterocycles. The third kappa shape index (κ3) is 5.09. The van der Waals surface area contributed by atoms with E-state index in [1.54, 1.807) is 17.9 Å². The van der Waals surface area contributed by atoms with Gasteiger partial charge in [-0.2, -0.15) is 5.10 Å². The zero-order chi connectivity index (χ0) is 26.2. The molecule has 2 aromatic carbocycles. The van der Waals surface area contributed by atoms with Crippen molar-refractivity contribution in [1.29, 1.82) is 0 Å². The van der Waals surface area contributed by atoms with Gasteiger partial charge < -0.3 is 10.1 Å². The van der Waals surface area contributed by atoms with E-state index < -0.39 is 9.84 Å². The number of aryl methyl sites for hydroxylation is 2. The summed E-state index contributed by atoms with van der Waals surface area (Å²) in [5, 5.41) is 8.34. The van der Waals surface area contributed by atoms with Gasteiger partial charge in [-0.05, 0) is 49.1 Å². The maximum atomic E-state index is 13.6. The number of hydrogen-bond donors (Lipinski definition) is 1. The van der Waals surface area contributed by atoms with Crippen LogP contribution in [0.25, 0.3) is 22.3 Å². The summed E-state index contributed by atoms with van der Waals surface area (Å²) >= 11 is 0. The molecule has 192 valence electrons. The topological polar surface area (TPSA) is 103 Å². The average molecular weight is 519 g/mol. The normalized spacial score (nSPS) is 16.7. The summed E-state index contributed by atoms with van der Waals surface area (Å²) in [6, 6.07) is 17.1. The van der Waals surface area contributed by atoms with E-state index in [1.807, 2.05) is 43.3 Å². The van der Waals surface area contributed by atoms with Gasteiger partial charge >= 0.3 is 0 Å². The molecule has 1 amide bonds. The summed E-state index contributed by atoms with van der Waals surface area (Å²) in [4.78, 5) is 18.5. The minimum absolute atomic E-state index is 0.0255. The Hall–Kier alpha value is -3.72. The molecular formula is C28H30N4O4S. The number of fused-ring (bicyclic) bond motifs is 1. The van der Waals surface area contributed by atoms with Crippen molar-refractivity contribution in [2.75, 3.05) is 18.6 Å². The van der Waals surface area contributed by atoms with Crippen molar-refractivity contribution in [3.8, 4) is 17.0 Å². The molecule has 0 saturated carbocycles. The zero-order valence-corrected chi connectivity index (χ0v) is 22.0. The lowest BCUT2D eigenvalue weighted by Crippen LogP contribution is -2.23. The summed E-state index contributed by atoms with van der Waals surface area (Å²) in [6.07, 6.45) is 1.40.